The maximum atomic E-state index is 13.4. The molecule has 0 unspecified atom stereocenters. The third-order valence-corrected chi connectivity index (χ3v) is 2.61. The molecule has 3 nitrogen and oxygen atoms in total. The summed E-state index contributed by atoms with van der Waals surface area (Å²) >= 11 is 0. The van der Waals surface area contributed by atoms with Crippen LogP contribution in [0, 0.1) is 5.82 Å². The van der Waals surface area contributed by atoms with Crippen LogP contribution in [-0.4, -0.2) is 11.1 Å². The molecule has 0 fully saturated rings. The van der Waals surface area contributed by atoms with Crippen LogP contribution >= 0.6 is 0 Å². The van der Waals surface area contributed by atoms with Crippen LogP contribution in [0.4, 0.5) is 10.1 Å². The van der Waals surface area contributed by atoms with E-state index in [1.165, 1.54) is 12.1 Å². The zero-order valence-electron chi connectivity index (χ0n) is 9.56. The van der Waals surface area contributed by atoms with E-state index >= 15 is 0 Å². The van der Waals surface area contributed by atoms with E-state index in [0.29, 0.717) is 5.69 Å². The Morgan fingerprint density at radius 3 is 2.56 bits per heavy atom. The van der Waals surface area contributed by atoms with E-state index < -0.39 is 11.8 Å². The topological polar surface area (TPSA) is 63.3 Å². The van der Waals surface area contributed by atoms with Gasteiger partial charge in [0.25, 0.3) is 0 Å². The highest BCUT2D eigenvalue weighted by molar-refractivity contribution is 5.73. The Morgan fingerprint density at radius 2 is 1.89 bits per heavy atom. The van der Waals surface area contributed by atoms with Gasteiger partial charge in [0.1, 0.15) is 5.82 Å². The molecular weight excluding hydrogens is 233 g/mol. The lowest BCUT2D eigenvalue weighted by atomic mass is 10.0. The first kappa shape index (κ1) is 12.1. The van der Waals surface area contributed by atoms with Crippen molar-refractivity contribution in [1.82, 2.24) is 0 Å². The van der Waals surface area contributed by atoms with Crippen LogP contribution in [0.3, 0.4) is 0 Å². The Balaban J connectivity index is 2.43. The van der Waals surface area contributed by atoms with Gasteiger partial charge in [-0.15, -0.1) is 0 Å². The van der Waals surface area contributed by atoms with Crippen LogP contribution < -0.4 is 5.73 Å². The largest absolute Gasteiger partial charge is 0.481 e. The zero-order chi connectivity index (χ0) is 13.1. The second kappa shape index (κ2) is 4.87. The van der Waals surface area contributed by atoms with Crippen LogP contribution in [0.15, 0.2) is 42.5 Å². The van der Waals surface area contributed by atoms with Crippen molar-refractivity contribution >= 4 is 11.7 Å². The van der Waals surface area contributed by atoms with E-state index in [0.717, 1.165) is 11.1 Å². The third kappa shape index (κ3) is 2.66. The summed E-state index contributed by atoms with van der Waals surface area (Å²) in [4.78, 5) is 10.6. The lowest BCUT2D eigenvalue weighted by molar-refractivity contribution is -0.136. The van der Waals surface area contributed by atoms with Crippen molar-refractivity contribution in [3.05, 3.63) is 53.8 Å². The molecule has 2 aromatic rings. The SMILES string of the molecule is Nc1cccc(-c2ccc(F)c(CC(=O)O)c2)c1. The molecule has 2 rings (SSSR count). The van der Waals surface area contributed by atoms with Gasteiger partial charge in [0.15, 0.2) is 0 Å². The number of nitrogen functional groups attached to an aromatic ring is 1. The predicted molar refractivity (Wildman–Crippen MR) is 67.6 cm³/mol. The summed E-state index contributed by atoms with van der Waals surface area (Å²) in [5.41, 5.74) is 8.04. The molecule has 92 valence electrons. The number of carboxylic acid groups (broad SMARTS) is 1. The number of nitrogens with two attached hydrogens (primary N) is 1. The molecule has 18 heavy (non-hydrogen) atoms. The summed E-state index contributed by atoms with van der Waals surface area (Å²) < 4.78 is 13.4. The molecule has 2 aromatic carbocycles. The highest BCUT2D eigenvalue weighted by Crippen LogP contribution is 2.24. The highest BCUT2D eigenvalue weighted by atomic mass is 19.1. The Kier molecular flexibility index (Phi) is 3.28. The van der Waals surface area contributed by atoms with Crippen LogP contribution in [0.1, 0.15) is 5.56 Å². The molecule has 0 heterocycles. The van der Waals surface area contributed by atoms with E-state index in [2.05, 4.69) is 0 Å². The number of rotatable bonds is 3. The average molecular weight is 245 g/mol. The minimum atomic E-state index is -1.06. The predicted octanol–water partition coefficient (Wildman–Crippen LogP) is 2.70. The second-order valence-corrected chi connectivity index (χ2v) is 4.00. The molecule has 0 aliphatic heterocycles. The van der Waals surface area contributed by atoms with Gasteiger partial charge in [0, 0.05) is 5.69 Å². The number of benzene rings is 2. The van der Waals surface area contributed by atoms with Gasteiger partial charge in [-0.3, -0.25) is 4.79 Å². The average Bonchev–Trinajstić information content (AvgIpc) is 2.31. The number of carbonyl (C=O) groups is 1. The van der Waals surface area contributed by atoms with Crippen molar-refractivity contribution in [1.29, 1.82) is 0 Å². The van der Waals surface area contributed by atoms with Crippen molar-refractivity contribution in [2.24, 2.45) is 0 Å². The summed E-state index contributed by atoms with van der Waals surface area (Å²) in [7, 11) is 0. The molecule has 0 amide bonds. The first-order valence-corrected chi connectivity index (χ1v) is 5.42. The molecule has 0 radical (unpaired) electrons. The maximum Gasteiger partial charge on any atom is 0.307 e. The third-order valence-electron chi connectivity index (χ3n) is 2.61. The van der Waals surface area contributed by atoms with E-state index in [9.17, 15) is 9.18 Å². The smallest absolute Gasteiger partial charge is 0.307 e. The van der Waals surface area contributed by atoms with Crippen molar-refractivity contribution in [2.45, 2.75) is 6.42 Å². The van der Waals surface area contributed by atoms with E-state index in [-0.39, 0.29) is 12.0 Å². The summed E-state index contributed by atoms with van der Waals surface area (Å²) in [6.45, 7) is 0. The van der Waals surface area contributed by atoms with Crippen LogP contribution in [0.25, 0.3) is 11.1 Å². The van der Waals surface area contributed by atoms with E-state index in [1.54, 1.807) is 24.3 Å². The quantitative estimate of drug-likeness (QED) is 0.817. The molecular formula is C14H12FNO2. The van der Waals surface area contributed by atoms with Crippen molar-refractivity contribution in [3.63, 3.8) is 0 Å². The summed E-state index contributed by atoms with van der Waals surface area (Å²) in [5, 5.41) is 8.71. The normalized spacial score (nSPS) is 10.3. The monoisotopic (exact) mass is 245 g/mol. The number of halogens is 1. The number of carboxylic acids is 1. The Labute approximate surface area is 104 Å². The van der Waals surface area contributed by atoms with Crippen LogP contribution in [-0.2, 0) is 11.2 Å². The van der Waals surface area contributed by atoms with Gasteiger partial charge in [-0.2, -0.15) is 0 Å². The fourth-order valence-electron chi connectivity index (χ4n) is 1.77. The fraction of sp³-hybridized carbons (Fsp3) is 0.0714. The number of hydrogen-bond acceptors (Lipinski definition) is 2. The minimum Gasteiger partial charge on any atom is -0.481 e. The van der Waals surface area contributed by atoms with E-state index in [4.69, 9.17) is 10.8 Å². The van der Waals surface area contributed by atoms with Gasteiger partial charge >= 0.3 is 5.97 Å². The minimum absolute atomic E-state index is 0.169. The molecule has 0 spiro atoms. The highest BCUT2D eigenvalue weighted by Gasteiger charge is 2.08. The van der Waals surface area contributed by atoms with Gasteiger partial charge in [0.2, 0.25) is 0 Å². The lowest BCUT2D eigenvalue weighted by Gasteiger charge is -2.06. The fourth-order valence-corrected chi connectivity index (χ4v) is 1.77. The summed E-state index contributed by atoms with van der Waals surface area (Å²) in [5.74, 6) is -1.57. The van der Waals surface area contributed by atoms with Crippen molar-refractivity contribution in [3.8, 4) is 11.1 Å². The first-order chi connectivity index (χ1) is 8.56. The zero-order valence-corrected chi connectivity index (χ0v) is 9.56. The van der Waals surface area contributed by atoms with Crippen molar-refractivity contribution in [2.75, 3.05) is 5.73 Å². The van der Waals surface area contributed by atoms with Crippen molar-refractivity contribution < 1.29 is 14.3 Å². The van der Waals surface area contributed by atoms with Gasteiger partial charge in [0.05, 0.1) is 6.42 Å². The maximum absolute atomic E-state index is 13.4. The lowest BCUT2D eigenvalue weighted by Crippen LogP contribution is -2.02. The molecule has 0 bridgehead atoms. The van der Waals surface area contributed by atoms with Gasteiger partial charge < -0.3 is 10.8 Å². The second-order valence-electron chi connectivity index (χ2n) is 4.00. The number of anilines is 1. The number of aliphatic carboxylic acids is 1. The van der Waals surface area contributed by atoms with Gasteiger partial charge in [-0.05, 0) is 41.0 Å². The standard InChI is InChI=1S/C14H12FNO2/c15-13-5-4-10(6-11(13)8-14(17)18)9-2-1-3-12(16)7-9/h1-7H,8,16H2,(H,17,18). The van der Waals surface area contributed by atoms with Crippen LogP contribution in [0.2, 0.25) is 0 Å². The summed E-state index contributed by atoms with van der Waals surface area (Å²) in [6.07, 6.45) is -0.331. The van der Waals surface area contributed by atoms with E-state index in [1.807, 2.05) is 6.07 Å². The molecule has 0 aromatic heterocycles. The van der Waals surface area contributed by atoms with Gasteiger partial charge in [-0.1, -0.05) is 18.2 Å². The molecule has 0 saturated carbocycles. The molecule has 0 aliphatic carbocycles. The molecule has 0 atom stereocenters. The first-order valence-electron chi connectivity index (χ1n) is 5.42. The summed E-state index contributed by atoms with van der Waals surface area (Å²) in [6, 6.07) is 11.6. The Morgan fingerprint density at radius 1 is 1.17 bits per heavy atom. The van der Waals surface area contributed by atoms with Gasteiger partial charge in [-0.25, -0.2) is 4.39 Å². The number of hydrogen-bond donors (Lipinski definition) is 2. The molecule has 0 saturated heterocycles. The van der Waals surface area contributed by atoms with Crippen LogP contribution in [0.5, 0.6) is 0 Å². The Hall–Kier alpha value is -2.36. The molecule has 3 N–H and O–H groups in total. The molecule has 0 aliphatic rings. The molecule has 4 heteroatoms. The Bertz CT molecular complexity index is 596.